The number of unbranched alkanes of at least 4 members (excludes halogenated alkanes) is 3. The van der Waals surface area contributed by atoms with E-state index in [1.54, 1.807) is 0 Å². The average molecular weight is 222 g/mol. The molecule has 1 atom stereocenters. The van der Waals surface area contributed by atoms with Crippen LogP contribution in [-0.2, 0) is 5.11 Å². The summed E-state index contributed by atoms with van der Waals surface area (Å²) in [5.74, 6) is 0. The Morgan fingerprint density at radius 2 is 1.91 bits per heavy atom. The first-order chi connectivity index (χ1) is 5.31. The molecule has 0 fully saturated rings. The molecule has 0 aromatic rings. The van der Waals surface area contributed by atoms with Gasteiger partial charge in [0.25, 0.3) is 0 Å². The molecular weight excluding hydrogens is 204 g/mol. The van der Waals surface area contributed by atoms with E-state index in [0.29, 0.717) is 0 Å². The maximum Gasteiger partial charge on any atom is 0.0938 e. The van der Waals surface area contributed by atoms with Crippen LogP contribution in [0.1, 0.15) is 45.4 Å². The highest BCUT2D eigenvalue weighted by Gasteiger charge is 2.03. The van der Waals surface area contributed by atoms with E-state index in [1.165, 1.54) is 19.3 Å². The van der Waals surface area contributed by atoms with Gasteiger partial charge in [-0.05, 0) is 12.8 Å². The van der Waals surface area contributed by atoms with Crippen LogP contribution in [0.25, 0.3) is 0 Å². The molecule has 0 bridgehead atoms. The van der Waals surface area contributed by atoms with Gasteiger partial charge in [0.1, 0.15) is 0 Å². The number of hydrogen-bond acceptors (Lipinski definition) is 0. The van der Waals surface area contributed by atoms with Crippen molar-refractivity contribution < 1.29 is 5.11 Å². The zero-order valence-electron chi connectivity index (χ0n) is 7.31. The molecule has 1 unspecified atom stereocenters. The Morgan fingerprint density at radius 3 is 2.45 bits per heavy atom. The van der Waals surface area contributed by atoms with Gasteiger partial charge in [-0.3, -0.25) is 0 Å². The van der Waals surface area contributed by atoms with Crippen molar-refractivity contribution in [3.8, 4) is 0 Å². The third-order valence-electron chi connectivity index (χ3n) is 1.81. The molecule has 0 heterocycles. The summed E-state index contributed by atoms with van der Waals surface area (Å²) in [6.07, 6.45) is 6.21. The van der Waals surface area contributed by atoms with Crippen LogP contribution in [0.15, 0.2) is 0 Å². The molecule has 0 aliphatic rings. The molecule has 0 saturated heterocycles. The highest BCUT2D eigenvalue weighted by molar-refractivity contribution is 9.09. The van der Waals surface area contributed by atoms with E-state index >= 15 is 0 Å². The van der Waals surface area contributed by atoms with Crippen molar-refractivity contribution >= 4 is 15.9 Å². The van der Waals surface area contributed by atoms with Gasteiger partial charge in [0, 0.05) is 5.33 Å². The molecule has 0 aromatic carbocycles. The van der Waals surface area contributed by atoms with Crippen LogP contribution in [0.3, 0.4) is 0 Å². The van der Waals surface area contributed by atoms with Gasteiger partial charge in [0.15, 0.2) is 0 Å². The maximum atomic E-state index is 11.1. The Kier molecular flexibility index (Phi) is 8.88. The summed E-state index contributed by atoms with van der Waals surface area (Å²) in [6.45, 7) is 2.19. The van der Waals surface area contributed by atoms with Crippen molar-refractivity contribution in [2.45, 2.75) is 51.6 Å². The second-order valence-electron chi connectivity index (χ2n) is 2.95. The Labute approximate surface area is 78.3 Å². The number of hydrogen-bond donors (Lipinski definition) is 0. The van der Waals surface area contributed by atoms with Gasteiger partial charge < -0.3 is 0 Å². The molecule has 0 spiro atoms. The SMILES string of the molecule is CCCCCCC([O])CCBr. The molecule has 1 nitrogen and oxygen atoms in total. The first-order valence-corrected chi connectivity index (χ1v) is 5.65. The fraction of sp³-hybridized carbons (Fsp3) is 1.00. The largest absolute Gasteiger partial charge is 0.233 e. The molecule has 2 heteroatoms. The van der Waals surface area contributed by atoms with Crippen molar-refractivity contribution in [3.05, 3.63) is 0 Å². The summed E-state index contributed by atoms with van der Waals surface area (Å²) >= 11 is 3.27. The molecule has 67 valence electrons. The fourth-order valence-electron chi connectivity index (χ4n) is 1.06. The van der Waals surface area contributed by atoms with Crippen molar-refractivity contribution in [1.82, 2.24) is 0 Å². The highest BCUT2D eigenvalue weighted by atomic mass is 79.9. The minimum Gasteiger partial charge on any atom is -0.233 e. The van der Waals surface area contributed by atoms with Crippen LogP contribution in [0.5, 0.6) is 0 Å². The maximum absolute atomic E-state index is 11.1. The molecular formula is C9H18BrO. The van der Waals surface area contributed by atoms with E-state index in [9.17, 15) is 5.11 Å². The first kappa shape index (κ1) is 11.4. The quantitative estimate of drug-likeness (QED) is 0.463. The van der Waals surface area contributed by atoms with Gasteiger partial charge in [-0.15, -0.1) is 0 Å². The van der Waals surface area contributed by atoms with Crippen LogP contribution >= 0.6 is 15.9 Å². The van der Waals surface area contributed by atoms with E-state index in [2.05, 4.69) is 22.9 Å². The van der Waals surface area contributed by atoms with E-state index in [1.807, 2.05) is 0 Å². The fourth-order valence-corrected chi connectivity index (χ4v) is 1.58. The lowest BCUT2D eigenvalue weighted by atomic mass is 10.1. The summed E-state index contributed by atoms with van der Waals surface area (Å²) in [4.78, 5) is 0. The monoisotopic (exact) mass is 221 g/mol. The van der Waals surface area contributed by atoms with Gasteiger partial charge in [-0.2, -0.15) is 0 Å². The van der Waals surface area contributed by atoms with E-state index in [-0.39, 0.29) is 6.10 Å². The predicted octanol–water partition coefficient (Wildman–Crippen LogP) is 3.54. The number of halogens is 1. The summed E-state index contributed by atoms with van der Waals surface area (Å²) in [7, 11) is 0. The molecule has 11 heavy (non-hydrogen) atoms. The van der Waals surface area contributed by atoms with E-state index in [4.69, 9.17) is 0 Å². The zero-order chi connectivity index (χ0) is 8.53. The van der Waals surface area contributed by atoms with E-state index in [0.717, 1.165) is 24.6 Å². The van der Waals surface area contributed by atoms with Gasteiger partial charge in [-0.1, -0.05) is 48.5 Å². The van der Waals surface area contributed by atoms with Gasteiger partial charge in [0.2, 0.25) is 0 Å². The smallest absolute Gasteiger partial charge is 0.0938 e. The molecule has 1 radical (unpaired) electrons. The summed E-state index contributed by atoms with van der Waals surface area (Å²) in [5, 5.41) is 11.9. The van der Waals surface area contributed by atoms with Crippen LogP contribution < -0.4 is 0 Å². The Balaban J connectivity index is 2.97. The molecule has 0 rings (SSSR count). The Hall–Kier alpha value is 0.440. The van der Waals surface area contributed by atoms with Crippen molar-refractivity contribution in [2.24, 2.45) is 0 Å². The van der Waals surface area contributed by atoms with Crippen molar-refractivity contribution in [3.63, 3.8) is 0 Å². The molecule has 0 saturated carbocycles. The van der Waals surface area contributed by atoms with Crippen LogP contribution in [-0.4, -0.2) is 11.4 Å². The standard InChI is InChI=1S/C9H18BrO/c1-2-3-4-5-6-9(11)7-8-10/h9H,2-8H2,1H3. The molecule has 0 aliphatic heterocycles. The Bertz CT molecular complexity index is 76.0. The van der Waals surface area contributed by atoms with Gasteiger partial charge in [0.05, 0.1) is 6.10 Å². The lowest BCUT2D eigenvalue weighted by Gasteiger charge is -2.04. The lowest BCUT2D eigenvalue weighted by Crippen LogP contribution is -2.04. The highest BCUT2D eigenvalue weighted by Crippen LogP contribution is 2.08. The van der Waals surface area contributed by atoms with Gasteiger partial charge in [-0.25, -0.2) is 5.11 Å². The topological polar surface area (TPSA) is 19.9 Å². The number of alkyl halides is 1. The molecule has 0 aliphatic carbocycles. The summed E-state index contributed by atoms with van der Waals surface area (Å²) < 4.78 is 0. The predicted molar refractivity (Wildman–Crippen MR) is 51.6 cm³/mol. The van der Waals surface area contributed by atoms with Crippen LogP contribution in [0.2, 0.25) is 0 Å². The lowest BCUT2D eigenvalue weighted by molar-refractivity contribution is 0.0768. The molecule has 0 amide bonds. The minimum atomic E-state index is -0.328. The Morgan fingerprint density at radius 1 is 1.18 bits per heavy atom. The average Bonchev–Trinajstić information content (AvgIpc) is 1.99. The van der Waals surface area contributed by atoms with Crippen molar-refractivity contribution in [2.75, 3.05) is 5.33 Å². The third kappa shape index (κ3) is 8.35. The van der Waals surface area contributed by atoms with Crippen LogP contribution in [0.4, 0.5) is 0 Å². The van der Waals surface area contributed by atoms with Crippen molar-refractivity contribution in [1.29, 1.82) is 0 Å². The second kappa shape index (κ2) is 8.54. The minimum absolute atomic E-state index is 0.328. The second-order valence-corrected chi connectivity index (χ2v) is 3.74. The van der Waals surface area contributed by atoms with E-state index < -0.39 is 0 Å². The summed E-state index contributed by atoms with van der Waals surface area (Å²) in [6, 6.07) is 0. The van der Waals surface area contributed by atoms with Gasteiger partial charge >= 0.3 is 0 Å². The first-order valence-electron chi connectivity index (χ1n) is 4.53. The van der Waals surface area contributed by atoms with Crippen LogP contribution in [0, 0.1) is 0 Å². The normalized spacial score (nSPS) is 13.4. The number of rotatable bonds is 7. The molecule has 0 aromatic heterocycles. The summed E-state index contributed by atoms with van der Waals surface area (Å²) in [5.41, 5.74) is 0. The molecule has 0 N–H and O–H groups in total. The zero-order valence-corrected chi connectivity index (χ0v) is 8.90. The third-order valence-corrected chi connectivity index (χ3v) is 2.27.